The van der Waals surface area contributed by atoms with Gasteiger partial charge in [-0.25, -0.2) is 9.97 Å². The van der Waals surface area contributed by atoms with Crippen molar-refractivity contribution in [1.29, 1.82) is 0 Å². The van der Waals surface area contributed by atoms with E-state index in [4.69, 9.17) is 16.3 Å². The summed E-state index contributed by atoms with van der Waals surface area (Å²) in [5.74, 6) is 1.39. The van der Waals surface area contributed by atoms with Gasteiger partial charge in [0.05, 0.1) is 29.7 Å². The molecule has 0 aliphatic carbocycles. The molecule has 5 nitrogen and oxygen atoms in total. The van der Waals surface area contributed by atoms with Crippen LogP contribution in [0.4, 0.5) is 5.82 Å². The highest BCUT2D eigenvalue weighted by molar-refractivity contribution is 6.32. The second-order valence-corrected chi connectivity index (χ2v) is 4.66. The molecule has 1 aromatic carbocycles. The Bertz CT molecular complexity index is 755. The van der Waals surface area contributed by atoms with E-state index in [1.165, 1.54) is 0 Å². The fourth-order valence-electron chi connectivity index (χ4n) is 2.11. The van der Waals surface area contributed by atoms with Gasteiger partial charge in [0.25, 0.3) is 0 Å². The number of hydrogen-bond acceptors (Lipinski definition) is 4. The Kier molecular flexibility index (Phi) is 3.20. The summed E-state index contributed by atoms with van der Waals surface area (Å²) in [6.07, 6.45) is 5.36. The van der Waals surface area contributed by atoms with E-state index in [0.29, 0.717) is 10.8 Å². The van der Waals surface area contributed by atoms with E-state index in [2.05, 4.69) is 15.3 Å². The van der Waals surface area contributed by atoms with E-state index >= 15 is 0 Å². The van der Waals surface area contributed by atoms with E-state index < -0.39 is 0 Å². The van der Waals surface area contributed by atoms with Crippen molar-refractivity contribution in [2.45, 2.75) is 0 Å². The van der Waals surface area contributed by atoms with Gasteiger partial charge < -0.3 is 14.6 Å². The predicted molar refractivity (Wildman–Crippen MR) is 80.0 cm³/mol. The minimum Gasteiger partial charge on any atom is -0.495 e. The molecule has 20 heavy (non-hydrogen) atoms. The molecule has 6 heteroatoms. The summed E-state index contributed by atoms with van der Waals surface area (Å²) in [6, 6.07) is 5.65. The third kappa shape index (κ3) is 2.06. The molecule has 2 heterocycles. The van der Waals surface area contributed by atoms with Gasteiger partial charge in [0.1, 0.15) is 11.6 Å². The molecule has 0 saturated carbocycles. The van der Waals surface area contributed by atoms with Crippen molar-refractivity contribution in [1.82, 2.24) is 14.5 Å². The highest BCUT2D eigenvalue weighted by Crippen LogP contribution is 2.33. The second kappa shape index (κ2) is 5.02. The lowest BCUT2D eigenvalue weighted by molar-refractivity contribution is 0.415. The summed E-state index contributed by atoms with van der Waals surface area (Å²) >= 11 is 6.17. The van der Waals surface area contributed by atoms with Crippen LogP contribution in [0.2, 0.25) is 5.02 Å². The Morgan fingerprint density at radius 1 is 1.30 bits per heavy atom. The maximum Gasteiger partial charge on any atom is 0.138 e. The molecule has 0 aliphatic rings. The van der Waals surface area contributed by atoms with Crippen LogP contribution in [0.3, 0.4) is 0 Å². The number of fused-ring (bicyclic) bond motifs is 1. The molecular formula is C14H13ClN4O. The molecule has 0 radical (unpaired) electrons. The van der Waals surface area contributed by atoms with Crippen LogP contribution in [0.25, 0.3) is 16.6 Å². The van der Waals surface area contributed by atoms with E-state index in [9.17, 15) is 0 Å². The Morgan fingerprint density at radius 3 is 2.80 bits per heavy atom. The molecule has 0 amide bonds. The monoisotopic (exact) mass is 288 g/mol. The van der Waals surface area contributed by atoms with E-state index in [1.54, 1.807) is 25.7 Å². The number of aromatic nitrogens is 3. The second-order valence-electron chi connectivity index (χ2n) is 4.25. The number of pyridine rings is 1. The average Bonchev–Trinajstić information content (AvgIpc) is 2.99. The summed E-state index contributed by atoms with van der Waals surface area (Å²) in [5, 5.41) is 4.54. The highest BCUT2D eigenvalue weighted by atomic mass is 35.5. The quantitative estimate of drug-likeness (QED) is 0.804. The van der Waals surface area contributed by atoms with Crippen molar-refractivity contribution in [3.63, 3.8) is 0 Å². The van der Waals surface area contributed by atoms with E-state index in [-0.39, 0.29) is 0 Å². The summed E-state index contributed by atoms with van der Waals surface area (Å²) in [4.78, 5) is 8.60. The number of nitrogens with one attached hydrogen (secondary N) is 1. The summed E-state index contributed by atoms with van der Waals surface area (Å²) in [7, 11) is 3.43. The molecule has 0 spiro atoms. The van der Waals surface area contributed by atoms with Crippen molar-refractivity contribution in [2.75, 3.05) is 19.5 Å². The lowest BCUT2D eigenvalue weighted by atomic mass is 10.1. The van der Waals surface area contributed by atoms with Crippen LogP contribution in [-0.4, -0.2) is 28.7 Å². The number of rotatable bonds is 3. The van der Waals surface area contributed by atoms with Crippen molar-refractivity contribution in [2.24, 2.45) is 0 Å². The van der Waals surface area contributed by atoms with Crippen LogP contribution in [-0.2, 0) is 0 Å². The van der Waals surface area contributed by atoms with Crippen molar-refractivity contribution >= 4 is 28.3 Å². The zero-order chi connectivity index (χ0) is 14.1. The summed E-state index contributed by atoms with van der Waals surface area (Å²) in [5.41, 5.74) is 1.76. The van der Waals surface area contributed by atoms with Crippen LogP contribution in [0.15, 0.2) is 36.9 Å². The van der Waals surface area contributed by atoms with Gasteiger partial charge in [-0.2, -0.15) is 0 Å². The number of hydrogen-bond donors (Lipinski definition) is 1. The molecule has 102 valence electrons. The Labute approximate surface area is 121 Å². The number of methoxy groups -OCH3 is 1. The minimum absolute atomic E-state index is 0.539. The Balaban J connectivity index is 2.36. The largest absolute Gasteiger partial charge is 0.495 e. The normalized spacial score (nSPS) is 10.8. The van der Waals surface area contributed by atoms with Crippen LogP contribution < -0.4 is 10.1 Å². The van der Waals surface area contributed by atoms with Gasteiger partial charge in [-0.15, -0.1) is 0 Å². The van der Waals surface area contributed by atoms with Gasteiger partial charge in [0.15, 0.2) is 0 Å². The van der Waals surface area contributed by atoms with Crippen LogP contribution in [0.5, 0.6) is 5.75 Å². The fraction of sp³-hybridized carbons (Fsp3) is 0.143. The maximum atomic E-state index is 6.17. The van der Waals surface area contributed by atoms with Crippen LogP contribution in [0.1, 0.15) is 0 Å². The summed E-state index contributed by atoms with van der Waals surface area (Å²) in [6.45, 7) is 0. The Morgan fingerprint density at radius 2 is 2.15 bits per heavy atom. The van der Waals surface area contributed by atoms with E-state index in [1.807, 2.05) is 29.9 Å². The van der Waals surface area contributed by atoms with Crippen molar-refractivity contribution in [3.05, 3.63) is 41.9 Å². The first kappa shape index (κ1) is 12.7. The first-order valence-electron chi connectivity index (χ1n) is 6.07. The number of halogens is 1. The minimum atomic E-state index is 0.539. The topological polar surface area (TPSA) is 52.0 Å². The van der Waals surface area contributed by atoms with Gasteiger partial charge >= 0.3 is 0 Å². The molecule has 0 aliphatic heterocycles. The molecule has 0 saturated heterocycles. The van der Waals surface area contributed by atoms with Crippen LogP contribution in [0, 0.1) is 0 Å². The smallest absolute Gasteiger partial charge is 0.138 e. The molecule has 3 aromatic rings. The van der Waals surface area contributed by atoms with Gasteiger partial charge in [-0.1, -0.05) is 11.6 Å². The molecule has 0 bridgehead atoms. The van der Waals surface area contributed by atoms with E-state index in [0.717, 1.165) is 22.4 Å². The first-order chi connectivity index (χ1) is 9.72. The lowest BCUT2D eigenvalue weighted by Crippen LogP contribution is -1.99. The molecule has 0 atom stereocenters. The molecule has 1 N–H and O–H groups in total. The Hall–Kier alpha value is -2.27. The predicted octanol–water partition coefficient (Wildman–Crippen LogP) is 3.12. The van der Waals surface area contributed by atoms with Crippen molar-refractivity contribution in [3.8, 4) is 11.4 Å². The van der Waals surface area contributed by atoms with Gasteiger partial charge in [-0.3, -0.25) is 0 Å². The SMILES string of the molecule is CNc1cc(-n2ccnc2)c2cc(OC)c(Cl)cc2n1. The maximum absolute atomic E-state index is 6.17. The zero-order valence-corrected chi connectivity index (χ0v) is 11.8. The average molecular weight is 289 g/mol. The number of ether oxygens (including phenoxy) is 1. The fourth-order valence-corrected chi connectivity index (χ4v) is 2.34. The highest BCUT2D eigenvalue weighted by Gasteiger charge is 2.11. The number of nitrogens with zero attached hydrogens (tertiary/aromatic N) is 3. The molecule has 2 aromatic heterocycles. The molecular weight excluding hydrogens is 276 g/mol. The van der Waals surface area contributed by atoms with Gasteiger partial charge in [-0.05, 0) is 12.1 Å². The lowest BCUT2D eigenvalue weighted by Gasteiger charge is -2.12. The van der Waals surface area contributed by atoms with Crippen LogP contribution >= 0.6 is 11.6 Å². The van der Waals surface area contributed by atoms with Gasteiger partial charge in [0.2, 0.25) is 0 Å². The third-order valence-electron chi connectivity index (χ3n) is 3.10. The molecule has 3 rings (SSSR count). The van der Waals surface area contributed by atoms with Crippen molar-refractivity contribution < 1.29 is 4.74 Å². The molecule has 0 fully saturated rings. The third-order valence-corrected chi connectivity index (χ3v) is 3.39. The number of anilines is 1. The molecule has 0 unspecified atom stereocenters. The first-order valence-corrected chi connectivity index (χ1v) is 6.45. The number of benzene rings is 1. The zero-order valence-electron chi connectivity index (χ0n) is 11.1. The number of imidazole rings is 1. The standard InChI is InChI=1S/C14H13ClN4O/c1-16-14-7-12(19-4-3-17-8-19)9-5-13(20-2)10(15)6-11(9)18-14/h3-8H,1-2H3,(H,16,18). The summed E-state index contributed by atoms with van der Waals surface area (Å²) < 4.78 is 7.21. The van der Waals surface area contributed by atoms with Gasteiger partial charge in [0, 0.05) is 30.9 Å².